The minimum atomic E-state index is -0.578. The van der Waals surface area contributed by atoms with Gasteiger partial charge in [0.1, 0.15) is 5.69 Å². The van der Waals surface area contributed by atoms with E-state index in [0.29, 0.717) is 27.3 Å². The number of hydrogen-bond donors (Lipinski definition) is 3. The summed E-state index contributed by atoms with van der Waals surface area (Å²) < 4.78 is 10.3. The second-order valence-electron chi connectivity index (χ2n) is 6.18. The molecule has 0 aliphatic carbocycles. The predicted octanol–water partition coefficient (Wildman–Crippen LogP) is 4.22. The SMILES string of the molecule is COc1ccc(C(=O)Nc2c(N)nc(SCc3ccc(Cl)cc3Cl)[nH]c2=O)cc1OC. The van der Waals surface area contributed by atoms with Crippen LogP contribution in [0.15, 0.2) is 46.3 Å². The number of nitrogen functional groups attached to an aromatic ring is 1. The van der Waals surface area contributed by atoms with Gasteiger partial charge in [-0.2, -0.15) is 0 Å². The van der Waals surface area contributed by atoms with E-state index in [1.807, 2.05) is 0 Å². The zero-order chi connectivity index (χ0) is 22.5. The summed E-state index contributed by atoms with van der Waals surface area (Å²) in [6, 6.07) is 9.76. The molecule has 0 spiro atoms. The average molecular weight is 481 g/mol. The van der Waals surface area contributed by atoms with Crippen LogP contribution in [0.3, 0.4) is 0 Å². The predicted molar refractivity (Wildman–Crippen MR) is 123 cm³/mol. The lowest BCUT2D eigenvalue weighted by molar-refractivity contribution is 0.102. The number of benzene rings is 2. The molecule has 162 valence electrons. The molecule has 8 nitrogen and oxygen atoms in total. The molecule has 2 aromatic carbocycles. The Kier molecular flexibility index (Phi) is 7.32. The number of H-pyrrole nitrogens is 1. The number of anilines is 2. The van der Waals surface area contributed by atoms with Gasteiger partial charge < -0.3 is 20.5 Å². The molecule has 0 radical (unpaired) electrons. The van der Waals surface area contributed by atoms with Crippen LogP contribution in [0.4, 0.5) is 11.5 Å². The second-order valence-corrected chi connectivity index (χ2v) is 7.99. The van der Waals surface area contributed by atoms with Crippen LogP contribution in [0.5, 0.6) is 11.5 Å². The molecule has 1 aromatic heterocycles. The Hall–Kier alpha value is -2.88. The van der Waals surface area contributed by atoms with Gasteiger partial charge >= 0.3 is 0 Å². The van der Waals surface area contributed by atoms with Gasteiger partial charge in [-0.15, -0.1) is 0 Å². The molecular formula is C20H18Cl2N4O4S. The number of aromatic nitrogens is 2. The Balaban J connectivity index is 1.76. The van der Waals surface area contributed by atoms with Crippen molar-refractivity contribution < 1.29 is 14.3 Å². The van der Waals surface area contributed by atoms with Gasteiger partial charge in [-0.25, -0.2) is 4.98 Å². The van der Waals surface area contributed by atoms with Gasteiger partial charge in [-0.1, -0.05) is 41.0 Å². The van der Waals surface area contributed by atoms with Crippen molar-refractivity contribution in [3.63, 3.8) is 0 Å². The van der Waals surface area contributed by atoms with Gasteiger partial charge in [0.25, 0.3) is 11.5 Å². The van der Waals surface area contributed by atoms with E-state index in [1.54, 1.807) is 24.3 Å². The molecule has 1 amide bonds. The zero-order valence-corrected chi connectivity index (χ0v) is 18.8. The molecule has 0 fully saturated rings. The van der Waals surface area contributed by atoms with Crippen molar-refractivity contribution in [2.45, 2.75) is 10.9 Å². The molecule has 11 heteroatoms. The maximum Gasteiger partial charge on any atom is 0.277 e. The molecule has 3 aromatic rings. The number of amides is 1. The third-order valence-corrected chi connectivity index (χ3v) is 5.70. The Morgan fingerprint density at radius 2 is 1.90 bits per heavy atom. The highest BCUT2D eigenvalue weighted by atomic mass is 35.5. The molecule has 3 rings (SSSR count). The van der Waals surface area contributed by atoms with E-state index in [2.05, 4.69) is 15.3 Å². The van der Waals surface area contributed by atoms with Crippen LogP contribution in [-0.4, -0.2) is 30.1 Å². The normalized spacial score (nSPS) is 10.6. The number of nitrogens with two attached hydrogens (primary N) is 1. The number of halogens is 2. The third-order valence-electron chi connectivity index (χ3n) is 4.19. The highest BCUT2D eigenvalue weighted by molar-refractivity contribution is 7.98. The molecule has 0 aliphatic rings. The maximum atomic E-state index is 12.6. The lowest BCUT2D eigenvalue weighted by Gasteiger charge is -2.11. The number of rotatable bonds is 7. The molecule has 4 N–H and O–H groups in total. The summed E-state index contributed by atoms with van der Waals surface area (Å²) >= 11 is 13.3. The van der Waals surface area contributed by atoms with Crippen LogP contribution in [-0.2, 0) is 5.75 Å². The van der Waals surface area contributed by atoms with Crippen LogP contribution in [0.25, 0.3) is 0 Å². The highest BCUT2D eigenvalue weighted by Crippen LogP contribution is 2.29. The lowest BCUT2D eigenvalue weighted by atomic mass is 10.2. The molecule has 0 saturated carbocycles. The molecule has 0 unspecified atom stereocenters. The van der Waals surface area contributed by atoms with Gasteiger partial charge in [-0.3, -0.25) is 14.6 Å². The summed E-state index contributed by atoms with van der Waals surface area (Å²) in [4.78, 5) is 31.8. The smallest absolute Gasteiger partial charge is 0.277 e. The molecule has 0 aliphatic heterocycles. The van der Waals surface area contributed by atoms with Crippen molar-refractivity contribution in [1.29, 1.82) is 0 Å². The number of aromatic amines is 1. The van der Waals surface area contributed by atoms with Crippen LogP contribution in [0.2, 0.25) is 10.0 Å². The van der Waals surface area contributed by atoms with Crippen molar-refractivity contribution in [3.8, 4) is 11.5 Å². The van der Waals surface area contributed by atoms with Crippen molar-refractivity contribution in [1.82, 2.24) is 9.97 Å². The molecular weight excluding hydrogens is 463 g/mol. The second kappa shape index (κ2) is 9.95. The fourth-order valence-corrected chi connectivity index (χ4v) is 4.03. The van der Waals surface area contributed by atoms with Crippen molar-refractivity contribution in [2.24, 2.45) is 0 Å². The molecule has 31 heavy (non-hydrogen) atoms. The molecule has 0 saturated heterocycles. The van der Waals surface area contributed by atoms with Crippen molar-refractivity contribution in [3.05, 3.63) is 67.9 Å². The van der Waals surface area contributed by atoms with Crippen molar-refractivity contribution in [2.75, 3.05) is 25.3 Å². The van der Waals surface area contributed by atoms with Crippen LogP contribution < -0.4 is 26.1 Å². The van der Waals surface area contributed by atoms with E-state index < -0.39 is 11.5 Å². The number of carbonyl (C=O) groups is 1. The van der Waals surface area contributed by atoms with Gasteiger partial charge in [0.05, 0.1) is 14.2 Å². The standard InChI is InChI=1S/C20H18Cl2N4O4S/c1-29-14-6-4-10(7-15(14)30-2)18(27)24-16-17(23)25-20(26-19(16)28)31-9-11-3-5-12(21)8-13(11)22/h3-8H,9H2,1-2H3,(H,24,27)(H3,23,25,26,28). The average Bonchev–Trinajstić information content (AvgIpc) is 2.75. The number of hydrogen-bond acceptors (Lipinski definition) is 7. The van der Waals surface area contributed by atoms with Crippen LogP contribution >= 0.6 is 35.0 Å². The highest BCUT2D eigenvalue weighted by Gasteiger charge is 2.16. The number of ether oxygens (including phenoxy) is 2. The summed E-state index contributed by atoms with van der Waals surface area (Å²) in [5, 5.41) is 3.82. The molecule has 0 bridgehead atoms. The topological polar surface area (TPSA) is 119 Å². The van der Waals surface area contributed by atoms with E-state index in [4.69, 9.17) is 38.4 Å². The third kappa shape index (κ3) is 5.43. The Bertz CT molecular complexity index is 1190. The summed E-state index contributed by atoms with van der Waals surface area (Å²) in [6.45, 7) is 0. The fourth-order valence-electron chi connectivity index (χ4n) is 2.61. The summed E-state index contributed by atoms with van der Waals surface area (Å²) in [5.41, 5.74) is 6.28. The Morgan fingerprint density at radius 1 is 1.16 bits per heavy atom. The summed E-state index contributed by atoms with van der Waals surface area (Å²) in [6.07, 6.45) is 0. The van der Waals surface area contributed by atoms with E-state index >= 15 is 0 Å². The quantitative estimate of drug-likeness (QED) is 0.342. The number of nitrogens with one attached hydrogen (secondary N) is 2. The zero-order valence-electron chi connectivity index (χ0n) is 16.5. The molecule has 0 atom stereocenters. The van der Waals surface area contributed by atoms with Gasteiger partial charge in [0.2, 0.25) is 0 Å². The number of carbonyl (C=O) groups excluding carboxylic acids is 1. The summed E-state index contributed by atoms with van der Waals surface area (Å²) in [7, 11) is 2.95. The van der Waals surface area contributed by atoms with Gasteiger partial charge in [0, 0.05) is 21.4 Å². The fraction of sp³-hybridized carbons (Fsp3) is 0.150. The number of thioether (sulfide) groups is 1. The number of nitrogens with zero attached hydrogens (tertiary/aromatic N) is 1. The van der Waals surface area contributed by atoms with E-state index in [-0.39, 0.29) is 22.2 Å². The first-order valence-corrected chi connectivity index (χ1v) is 10.6. The van der Waals surface area contributed by atoms with E-state index in [0.717, 1.165) is 5.56 Å². The first-order valence-electron chi connectivity index (χ1n) is 8.82. The first-order chi connectivity index (χ1) is 14.8. The van der Waals surface area contributed by atoms with Gasteiger partial charge in [-0.05, 0) is 35.9 Å². The first kappa shape index (κ1) is 22.8. The molecule has 1 heterocycles. The lowest BCUT2D eigenvalue weighted by Crippen LogP contribution is -2.23. The number of methoxy groups -OCH3 is 2. The minimum Gasteiger partial charge on any atom is -0.493 e. The Labute approximate surface area is 192 Å². The Morgan fingerprint density at radius 3 is 2.55 bits per heavy atom. The monoisotopic (exact) mass is 480 g/mol. The van der Waals surface area contributed by atoms with Crippen LogP contribution in [0, 0.1) is 0 Å². The largest absolute Gasteiger partial charge is 0.493 e. The van der Waals surface area contributed by atoms with Crippen LogP contribution in [0.1, 0.15) is 15.9 Å². The maximum absolute atomic E-state index is 12.6. The summed E-state index contributed by atoms with van der Waals surface area (Å²) in [5.74, 6) is 0.633. The van der Waals surface area contributed by atoms with Gasteiger partial charge in [0.15, 0.2) is 22.5 Å². The van der Waals surface area contributed by atoms with Crippen molar-refractivity contribution >= 4 is 52.4 Å². The minimum absolute atomic E-state index is 0.109. The van der Waals surface area contributed by atoms with E-state index in [1.165, 1.54) is 38.1 Å². The van der Waals surface area contributed by atoms with E-state index in [9.17, 15) is 9.59 Å².